The first-order chi connectivity index (χ1) is 10.2. The smallest absolute Gasteiger partial charge is 0.231 e. The number of amides is 1. The highest BCUT2D eigenvalue weighted by Crippen LogP contribution is 2.44. The fourth-order valence-electron chi connectivity index (χ4n) is 4.10. The number of nitrogens with zero attached hydrogens (tertiary/aromatic N) is 1. The molecule has 1 unspecified atom stereocenters. The molecule has 0 spiro atoms. The summed E-state index contributed by atoms with van der Waals surface area (Å²) in [7, 11) is 0. The van der Waals surface area contributed by atoms with E-state index in [0.29, 0.717) is 5.92 Å². The Kier molecular flexibility index (Phi) is 4.27. The van der Waals surface area contributed by atoms with Crippen molar-refractivity contribution in [3.05, 3.63) is 35.9 Å². The van der Waals surface area contributed by atoms with E-state index in [0.717, 1.165) is 19.6 Å². The van der Waals surface area contributed by atoms with Gasteiger partial charge in [0.05, 0.1) is 5.54 Å². The van der Waals surface area contributed by atoms with Gasteiger partial charge in [-0.25, -0.2) is 5.01 Å². The quantitative estimate of drug-likeness (QED) is 0.894. The summed E-state index contributed by atoms with van der Waals surface area (Å²) < 4.78 is 0. The minimum atomic E-state index is -0.109. The third kappa shape index (κ3) is 2.70. The Morgan fingerprint density at radius 3 is 2.67 bits per heavy atom. The lowest BCUT2D eigenvalue weighted by atomic mass is 9.75. The van der Waals surface area contributed by atoms with Crippen LogP contribution < -0.4 is 10.7 Å². The van der Waals surface area contributed by atoms with E-state index in [9.17, 15) is 4.79 Å². The second-order valence-electron chi connectivity index (χ2n) is 6.27. The number of piperazine rings is 1. The molecule has 4 nitrogen and oxygen atoms in total. The molecule has 2 N–H and O–H groups in total. The van der Waals surface area contributed by atoms with Gasteiger partial charge < -0.3 is 5.32 Å². The summed E-state index contributed by atoms with van der Waals surface area (Å²) in [6.45, 7) is 4.28. The SMILES string of the molecule is CC(=O)NN1CCNCC1(c1ccccc1)C1CCCC1. The predicted octanol–water partition coefficient (Wildman–Crippen LogP) is 2.03. The van der Waals surface area contributed by atoms with Gasteiger partial charge in [-0.3, -0.25) is 10.2 Å². The van der Waals surface area contributed by atoms with Gasteiger partial charge in [-0.05, 0) is 24.3 Å². The summed E-state index contributed by atoms with van der Waals surface area (Å²) in [4.78, 5) is 11.7. The lowest BCUT2D eigenvalue weighted by Crippen LogP contribution is -2.66. The third-order valence-electron chi connectivity index (χ3n) is 4.98. The van der Waals surface area contributed by atoms with Crippen molar-refractivity contribution in [1.82, 2.24) is 15.8 Å². The van der Waals surface area contributed by atoms with E-state index in [1.807, 2.05) is 0 Å². The Hall–Kier alpha value is -1.39. The molecule has 1 amide bonds. The largest absolute Gasteiger partial charge is 0.313 e. The van der Waals surface area contributed by atoms with Crippen LogP contribution in [0.4, 0.5) is 0 Å². The molecule has 1 aromatic rings. The Bertz CT molecular complexity index is 484. The van der Waals surface area contributed by atoms with Gasteiger partial charge >= 0.3 is 0 Å². The molecule has 1 saturated carbocycles. The van der Waals surface area contributed by atoms with Gasteiger partial charge in [0.15, 0.2) is 0 Å². The molecule has 1 aliphatic heterocycles. The van der Waals surface area contributed by atoms with Crippen LogP contribution in [0.15, 0.2) is 30.3 Å². The van der Waals surface area contributed by atoms with Crippen LogP contribution in [0.25, 0.3) is 0 Å². The van der Waals surface area contributed by atoms with Gasteiger partial charge in [0.2, 0.25) is 5.91 Å². The van der Waals surface area contributed by atoms with Crippen molar-refractivity contribution < 1.29 is 4.79 Å². The molecule has 0 aromatic heterocycles. The number of carbonyl (C=O) groups is 1. The van der Waals surface area contributed by atoms with Gasteiger partial charge in [-0.15, -0.1) is 0 Å². The monoisotopic (exact) mass is 287 g/mol. The number of carbonyl (C=O) groups excluding carboxylic acids is 1. The Labute approximate surface area is 126 Å². The molecule has 1 heterocycles. The molecule has 2 aliphatic rings. The summed E-state index contributed by atoms with van der Waals surface area (Å²) in [6, 6.07) is 10.7. The topological polar surface area (TPSA) is 44.4 Å². The second kappa shape index (κ2) is 6.16. The van der Waals surface area contributed by atoms with E-state index < -0.39 is 0 Å². The molecule has 4 heteroatoms. The minimum absolute atomic E-state index is 0.0233. The van der Waals surface area contributed by atoms with Crippen LogP contribution >= 0.6 is 0 Å². The third-order valence-corrected chi connectivity index (χ3v) is 4.98. The van der Waals surface area contributed by atoms with Crippen LogP contribution in [-0.2, 0) is 10.3 Å². The lowest BCUT2D eigenvalue weighted by molar-refractivity contribution is -0.131. The summed E-state index contributed by atoms with van der Waals surface area (Å²) in [5.74, 6) is 0.620. The zero-order valence-corrected chi connectivity index (χ0v) is 12.8. The molecule has 21 heavy (non-hydrogen) atoms. The van der Waals surface area contributed by atoms with Crippen LogP contribution in [-0.4, -0.2) is 30.6 Å². The fourth-order valence-corrected chi connectivity index (χ4v) is 4.10. The Morgan fingerprint density at radius 1 is 1.29 bits per heavy atom. The van der Waals surface area contributed by atoms with E-state index >= 15 is 0 Å². The zero-order valence-electron chi connectivity index (χ0n) is 12.8. The molecule has 1 saturated heterocycles. The van der Waals surface area contributed by atoms with Crippen molar-refractivity contribution in [2.45, 2.75) is 38.1 Å². The Morgan fingerprint density at radius 2 is 2.00 bits per heavy atom. The highest BCUT2D eigenvalue weighted by molar-refractivity contribution is 5.72. The second-order valence-corrected chi connectivity index (χ2v) is 6.27. The molecular weight excluding hydrogens is 262 g/mol. The number of hydrogen-bond donors (Lipinski definition) is 2. The highest BCUT2D eigenvalue weighted by Gasteiger charge is 2.48. The average molecular weight is 287 g/mol. The molecule has 1 aliphatic carbocycles. The predicted molar refractivity (Wildman–Crippen MR) is 83.5 cm³/mol. The number of rotatable bonds is 3. The highest BCUT2D eigenvalue weighted by atomic mass is 16.2. The van der Waals surface area contributed by atoms with Crippen molar-refractivity contribution in [3.63, 3.8) is 0 Å². The number of hydrazine groups is 1. The maximum absolute atomic E-state index is 11.7. The Balaban J connectivity index is 2.02. The van der Waals surface area contributed by atoms with Crippen molar-refractivity contribution >= 4 is 5.91 Å². The summed E-state index contributed by atoms with van der Waals surface area (Å²) in [5.41, 5.74) is 4.31. The first-order valence-corrected chi connectivity index (χ1v) is 8.04. The number of hydrogen-bond acceptors (Lipinski definition) is 3. The first-order valence-electron chi connectivity index (χ1n) is 8.04. The van der Waals surface area contributed by atoms with Crippen molar-refractivity contribution in [2.24, 2.45) is 5.92 Å². The van der Waals surface area contributed by atoms with Gasteiger partial charge in [0, 0.05) is 26.6 Å². The molecule has 0 bridgehead atoms. The van der Waals surface area contributed by atoms with Crippen LogP contribution in [0.1, 0.15) is 38.2 Å². The summed E-state index contributed by atoms with van der Waals surface area (Å²) in [6.07, 6.45) is 5.08. The standard InChI is InChI=1S/C17H25N3O/c1-14(21)19-20-12-11-18-13-17(20,16-9-5-6-10-16)15-7-3-2-4-8-15/h2-4,7-8,16,18H,5-6,9-13H2,1H3,(H,19,21). The van der Waals surface area contributed by atoms with Crippen molar-refractivity contribution in [3.8, 4) is 0 Å². The maximum atomic E-state index is 11.7. The lowest BCUT2D eigenvalue weighted by Gasteiger charge is -2.51. The maximum Gasteiger partial charge on any atom is 0.231 e. The van der Waals surface area contributed by atoms with Gasteiger partial charge in [0.1, 0.15) is 0 Å². The van der Waals surface area contributed by atoms with Crippen LogP contribution in [0.2, 0.25) is 0 Å². The number of benzene rings is 1. The summed E-state index contributed by atoms with van der Waals surface area (Å²) in [5, 5.41) is 5.77. The van der Waals surface area contributed by atoms with Crippen molar-refractivity contribution in [1.29, 1.82) is 0 Å². The fraction of sp³-hybridized carbons (Fsp3) is 0.588. The molecule has 0 radical (unpaired) electrons. The molecule has 2 fully saturated rings. The van der Waals surface area contributed by atoms with Crippen LogP contribution in [0.5, 0.6) is 0 Å². The molecule has 3 rings (SSSR count). The normalized spacial score (nSPS) is 27.7. The summed E-state index contributed by atoms with van der Waals surface area (Å²) >= 11 is 0. The first kappa shape index (κ1) is 14.5. The van der Waals surface area contributed by atoms with E-state index in [1.165, 1.54) is 31.2 Å². The van der Waals surface area contributed by atoms with Gasteiger partial charge in [0.25, 0.3) is 0 Å². The molecular formula is C17H25N3O. The molecule has 1 aromatic carbocycles. The van der Waals surface area contributed by atoms with E-state index in [1.54, 1.807) is 6.92 Å². The molecule has 1 atom stereocenters. The molecule has 114 valence electrons. The zero-order chi connectivity index (χ0) is 14.7. The van der Waals surface area contributed by atoms with Gasteiger partial charge in [-0.1, -0.05) is 43.2 Å². The van der Waals surface area contributed by atoms with E-state index in [2.05, 4.69) is 46.1 Å². The van der Waals surface area contributed by atoms with Crippen molar-refractivity contribution in [2.75, 3.05) is 19.6 Å². The van der Waals surface area contributed by atoms with E-state index in [4.69, 9.17) is 0 Å². The van der Waals surface area contributed by atoms with Gasteiger partial charge in [-0.2, -0.15) is 0 Å². The van der Waals surface area contributed by atoms with Crippen LogP contribution in [0.3, 0.4) is 0 Å². The van der Waals surface area contributed by atoms with E-state index in [-0.39, 0.29) is 11.4 Å². The minimum Gasteiger partial charge on any atom is -0.313 e. The number of nitrogens with one attached hydrogen (secondary N) is 2. The average Bonchev–Trinajstić information content (AvgIpc) is 3.03. The van der Waals surface area contributed by atoms with Crippen LogP contribution in [0, 0.1) is 5.92 Å².